The number of nitrogens with two attached hydrogens (primary N) is 1. The van der Waals surface area contributed by atoms with Crippen LogP contribution in [0, 0.1) is 0 Å². The molecule has 1 aromatic heterocycles. The number of hydrogen-bond donors (Lipinski definition) is 1. The molecule has 2 saturated carbocycles. The number of hydrogen-bond acceptors (Lipinski definition) is 4. The number of anilines is 1. The fraction of sp³-hybridized carbons (Fsp3) is 0.765. The Labute approximate surface area is 127 Å². The van der Waals surface area contributed by atoms with Gasteiger partial charge in [0.1, 0.15) is 5.82 Å². The Morgan fingerprint density at radius 3 is 2.33 bits per heavy atom. The number of rotatable bonds is 3. The fourth-order valence-electron chi connectivity index (χ4n) is 3.82. The van der Waals surface area contributed by atoms with Gasteiger partial charge in [0.2, 0.25) is 0 Å². The second-order valence-corrected chi connectivity index (χ2v) is 7.08. The molecule has 0 amide bonds. The second kappa shape index (κ2) is 5.56. The fourth-order valence-corrected chi connectivity index (χ4v) is 3.82. The zero-order valence-electron chi connectivity index (χ0n) is 12.8. The van der Waals surface area contributed by atoms with E-state index in [1.807, 2.05) is 0 Å². The molecule has 0 spiro atoms. The maximum absolute atomic E-state index is 6.05. The smallest absolute Gasteiger partial charge is 0.131 e. The van der Waals surface area contributed by atoms with Gasteiger partial charge in [0.15, 0.2) is 0 Å². The summed E-state index contributed by atoms with van der Waals surface area (Å²) in [5.74, 6) is 2.42. The molecule has 114 valence electrons. The van der Waals surface area contributed by atoms with Gasteiger partial charge in [0.25, 0.3) is 0 Å². The van der Waals surface area contributed by atoms with E-state index in [-0.39, 0.29) is 0 Å². The van der Waals surface area contributed by atoms with Gasteiger partial charge in [0, 0.05) is 31.0 Å². The molecule has 1 aromatic rings. The van der Waals surface area contributed by atoms with E-state index < -0.39 is 0 Å². The van der Waals surface area contributed by atoms with Gasteiger partial charge in [-0.25, -0.2) is 9.97 Å². The number of nitrogens with zero attached hydrogens (tertiary/aromatic N) is 3. The lowest BCUT2D eigenvalue weighted by Gasteiger charge is -2.33. The van der Waals surface area contributed by atoms with Crippen LogP contribution in [0.2, 0.25) is 0 Å². The SMILES string of the molecule is NC1CCN(c2cnc(C3CC3)nc2C2CCCC2)CC1. The Morgan fingerprint density at radius 2 is 1.67 bits per heavy atom. The van der Waals surface area contributed by atoms with Crippen molar-refractivity contribution in [1.82, 2.24) is 9.97 Å². The standard InChI is InChI=1S/C17H26N4/c18-14-7-9-21(10-8-14)15-11-19-17(13-5-6-13)20-16(15)12-3-1-2-4-12/h11-14H,1-10,18H2. The van der Waals surface area contributed by atoms with Crippen molar-refractivity contribution in [3.8, 4) is 0 Å². The molecule has 21 heavy (non-hydrogen) atoms. The van der Waals surface area contributed by atoms with E-state index >= 15 is 0 Å². The molecule has 2 aliphatic carbocycles. The van der Waals surface area contributed by atoms with Crippen molar-refractivity contribution in [3.63, 3.8) is 0 Å². The van der Waals surface area contributed by atoms with E-state index in [0.29, 0.717) is 17.9 Å². The second-order valence-electron chi connectivity index (χ2n) is 7.08. The van der Waals surface area contributed by atoms with Crippen LogP contribution in [-0.2, 0) is 0 Å². The van der Waals surface area contributed by atoms with Gasteiger partial charge in [-0.05, 0) is 38.5 Å². The first-order valence-electron chi connectivity index (χ1n) is 8.68. The van der Waals surface area contributed by atoms with E-state index in [0.717, 1.165) is 31.8 Å². The number of piperidine rings is 1. The lowest BCUT2D eigenvalue weighted by molar-refractivity contribution is 0.497. The van der Waals surface area contributed by atoms with Crippen molar-refractivity contribution in [2.45, 2.75) is 69.2 Å². The zero-order chi connectivity index (χ0) is 14.2. The first-order chi connectivity index (χ1) is 10.3. The Balaban J connectivity index is 1.64. The van der Waals surface area contributed by atoms with E-state index in [9.17, 15) is 0 Å². The molecule has 0 atom stereocenters. The van der Waals surface area contributed by atoms with Crippen LogP contribution in [-0.4, -0.2) is 29.1 Å². The Hall–Kier alpha value is -1.16. The molecule has 0 aromatic carbocycles. The molecule has 3 aliphatic rings. The van der Waals surface area contributed by atoms with E-state index in [1.54, 1.807) is 0 Å². The minimum atomic E-state index is 0.378. The van der Waals surface area contributed by atoms with Gasteiger partial charge in [-0.3, -0.25) is 0 Å². The average molecular weight is 286 g/mol. The normalized spacial score (nSPS) is 24.7. The molecule has 4 rings (SSSR count). The van der Waals surface area contributed by atoms with E-state index in [4.69, 9.17) is 10.7 Å². The van der Waals surface area contributed by atoms with Crippen LogP contribution < -0.4 is 10.6 Å². The van der Waals surface area contributed by atoms with E-state index in [1.165, 1.54) is 49.9 Å². The first kappa shape index (κ1) is 13.5. The van der Waals surface area contributed by atoms with Gasteiger partial charge in [-0.1, -0.05) is 12.8 Å². The van der Waals surface area contributed by atoms with Crippen LogP contribution in [0.3, 0.4) is 0 Å². The van der Waals surface area contributed by atoms with Crippen molar-refractivity contribution in [2.24, 2.45) is 5.73 Å². The van der Waals surface area contributed by atoms with Crippen molar-refractivity contribution in [2.75, 3.05) is 18.0 Å². The van der Waals surface area contributed by atoms with Crippen LogP contribution in [0.15, 0.2) is 6.20 Å². The van der Waals surface area contributed by atoms with Crippen LogP contribution in [0.1, 0.15) is 74.7 Å². The van der Waals surface area contributed by atoms with Crippen LogP contribution >= 0.6 is 0 Å². The van der Waals surface area contributed by atoms with Crippen LogP contribution in [0.25, 0.3) is 0 Å². The molecule has 3 fully saturated rings. The molecule has 4 heteroatoms. The maximum Gasteiger partial charge on any atom is 0.131 e. The van der Waals surface area contributed by atoms with Crippen molar-refractivity contribution in [1.29, 1.82) is 0 Å². The van der Waals surface area contributed by atoms with Gasteiger partial charge in [-0.15, -0.1) is 0 Å². The van der Waals surface area contributed by atoms with Crippen molar-refractivity contribution < 1.29 is 0 Å². The third kappa shape index (κ3) is 2.78. The summed E-state index contributed by atoms with van der Waals surface area (Å²) < 4.78 is 0. The number of aromatic nitrogens is 2. The van der Waals surface area contributed by atoms with Crippen LogP contribution in [0.4, 0.5) is 5.69 Å². The van der Waals surface area contributed by atoms with Gasteiger partial charge >= 0.3 is 0 Å². The topological polar surface area (TPSA) is 55.0 Å². The summed E-state index contributed by atoms with van der Waals surface area (Å²) in [5.41, 5.74) is 8.70. The Morgan fingerprint density at radius 1 is 0.952 bits per heavy atom. The average Bonchev–Trinajstić information content (AvgIpc) is 3.22. The molecular weight excluding hydrogens is 260 g/mol. The minimum Gasteiger partial charge on any atom is -0.369 e. The third-order valence-corrected chi connectivity index (χ3v) is 5.38. The van der Waals surface area contributed by atoms with Gasteiger partial charge < -0.3 is 10.6 Å². The summed E-state index contributed by atoms with van der Waals surface area (Å²) in [7, 11) is 0. The summed E-state index contributed by atoms with van der Waals surface area (Å²) in [5, 5.41) is 0. The zero-order valence-corrected chi connectivity index (χ0v) is 12.8. The summed E-state index contributed by atoms with van der Waals surface area (Å²) in [6.07, 6.45) is 12.2. The van der Waals surface area contributed by atoms with E-state index in [2.05, 4.69) is 16.1 Å². The first-order valence-corrected chi connectivity index (χ1v) is 8.68. The lowest BCUT2D eigenvalue weighted by atomic mass is 9.99. The third-order valence-electron chi connectivity index (χ3n) is 5.38. The molecule has 0 radical (unpaired) electrons. The highest BCUT2D eigenvalue weighted by molar-refractivity contribution is 5.51. The Bertz CT molecular complexity index is 498. The minimum absolute atomic E-state index is 0.378. The Kier molecular flexibility index (Phi) is 3.57. The molecular formula is C17H26N4. The molecule has 1 aliphatic heterocycles. The van der Waals surface area contributed by atoms with Crippen molar-refractivity contribution in [3.05, 3.63) is 17.7 Å². The van der Waals surface area contributed by atoms with Crippen LogP contribution in [0.5, 0.6) is 0 Å². The lowest BCUT2D eigenvalue weighted by Crippen LogP contribution is -2.40. The maximum atomic E-state index is 6.05. The molecule has 0 unspecified atom stereocenters. The largest absolute Gasteiger partial charge is 0.369 e. The highest BCUT2D eigenvalue weighted by atomic mass is 15.2. The molecule has 2 heterocycles. The molecule has 1 saturated heterocycles. The highest BCUT2D eigenvalue weighted by Gasteiger charge is 2.31. The summed E-state index contributed by atoms with van der Waals surface area (Å²) in [4.78, 5) is 12.2. The summed E-state index contributed by atoms with van der Waals surface area (Å²) >= 11 is 0. The summed E-state index contributed by atoms with van der Waals surface area (Å²) in [6.45, 7) is 2.13. The predicted molar refractivity (Wildman–Crippen MR) is 84.6 cm³/mol. The molecule has 2 N–H and O–H groups in total. The molecule has 0 bridgehead atoms. The van der Waals surface area contributed by atoms with Gasteiger partial charge in [-0.2, -0.15) is 0 Å². The highest BCUT2D eigenvalue weighted by Crippen LogP contribution is 2.42. The monoisotopic (exact) mass is 286 g/mol. The quantitative estimate of drug-likeness (QED) is 0.928. The molecule has 4 nitrogen and oxygen atoms in total. The predicted octanol–water partition coefficient (Wildman–Crippen LogP) is 2.94. The van der Waals surface area contributed by atoms with Crippen molar-refractivity contribution >= 4 is 5.69 Å². The van der Waals surface area contributed by atoms with Gasteiger partial charge in [0.05, 0.1) is 17.6 Å². The summed E-state index contributed by atoms with van der Waals surface area (Å²) in [6, 6.07) is 0.378.